The van der Waals surface area contributed by atoms with Gasteiger partial charge in [-0.25, -0.2) is 0 Å². The number of hydrogen-bond acceptors (Lipinski definition) is 2. The minimum atomic E-state index is 0.255. The lowest BCUT2D eigenvalue weighted by molar-refractivity contribution is 0.462. The molecule has 0 aromatic heterocycles. The molecule has 2 aromatic rings. The summed E-state index contributed by atoms with van der Waals surface area (Å²) in [5.74, 6) is 1.75. The topological polar surface area (TPSA) is 21.3 Å². The molecule has 106 valence electrons. The van der Waals surface area contributed by atoms with E-state index in [1.165, 1.54) is 0 Å². The third kappa shape index (κ3) is 4.20. The maximum atomic E-state index is 6.06. The van der Waals surface area contributed by atoms with Gasteiger partial charge in [-0.05, 0) is 66.4 Å². The highest BCUT2D eigenvalue weighted by Gasteiger charge is 2.12. The fourth-order valence-electron chi connectivity index (χ4n) is 2.03. The molecular weight excluding hydrogens is 429 g/mol. The average molecular weight is 446 g/mol. The predicted octanol–water partition coefficient (Wildman–Crippen LogP) is 5.52. The summed E-state index contributed by atoms with van der Waals surface area (Å²) in [5, 5.41) is 3.42. The van der Waals surface area contributed by atoms with Crippen molar-refractivity contribution >= 4 is 38.5 Å². The minimum Gasteiger partial charge on any atom is -0.457 e. The van der Waals surface area contributed by atoms with Crippen LogP contribution in [0.25, 0.3) is 0 Å². The van der Waals surface area contributed by atoms with Crippen LogP contribution >= 0.6 is 38.5 Å². The normalized spacial score (nSPS) is 12.2. The molecule has 0 fully saturated rings. The molecule has 0 heterocycles. The van der Waals surface area contributed by atoms with E-state index in [9.17, 15) is 0 Å². The molecule has 0 bridgehead atoms. The van der Waals surface area contributed by atoms with Crippen molar-refractivity contribution in [1.82, 2.24) is 5.32 Å². The predicted molar refractivity (Wildman–Crippen MR) is 95.5 cm³/mol. The zero-order valence-corrected chi connectivity index (χ0v) is 15.2. The van der Waals surface area contributed by atoms with E-state index in [1.54, 1.807) is 0 Å². The molecule has 0 radical (unpaired) electrons. The van der Waals surface area contributed by atoms with Gasteiger partial charge in [-0.2, -0.15) is 0 Å². The number of nitrogens with one attached hydrogen (secondary N) is 1. The molecule has 0 saturated carbocycles. The molecule has 0 aliphatic rings. The second-order valence-electron chi connectivity index (χ2n) is 4.52. The first-order valence-electron chi connectivity index (χ1n) is 6.56. The molecule has 0 aliphatic carbocycles. The lowest BCUT2D eigenvalue weighted by Gasteiger charge is -2.18. The van der Waals surface area contributed by atoms with Crippen LogP contribution in [-0.4, -0.2) is 6.54 Å². The van der Waals surface area contributed by atoms with E-state index >= 15 is 0 Å². The quantitative estimate of drug-likeness (QED) is 0.612. The first-order chi connectivity index (χ1) is 9.60. The summed E-state index contributed by atoms with van der Waals surface area (Å²) in [6.07, 6.45) is 0. The third-order valence-electron chi connectivity index (χ3n) is 2.98. The van der Waals surface area contributed by atoms with E-state index < -0.39 is 0 Å². The zero-order valence-electron chi connectivity index (χ0n) is 11.5. The zero-order chi connectivity index (χ0) is 14.5. The van der Waals surface area contributed by atoms with E-state index in [0.29, 0.717) is 0 Å². The maximum Gasteiger partial charge on any atom is 0.133 e. The van der Waals surface area contributed by atoms with Gasteiger partial charge in [-0.1, -0.05) is 35.0 Å². The van der Waals surface area contributed by atoms with Gasteiger partial charge in [-0.15, -0.1) is 0 Å². The van der Waals surface area contributed by atoms with Crippen molar-refractivity contribution in [2.45, 2.75) is 19.9 Å². The fraction of sp³-hybridized carbons (Fsp3) is 0.250. The molecule has 4 heteroatoms. The number of halogens is 2. The van der Waals surface area contributed by atoms with Gasteiger partial charge in [-0.3, -0.25) is 0 Å². The Hall–Kier alpha value is -0.590. The second kappa shape index (κ2) is 7.43. The molecule has 0 spiro atoms. The summed E-state index contributed by atoms with van der Waals surface area (Å²) >= 11 is 5.80. The first-order valence-corrected chi connectivity index (χ1v) is 8.43. The monoisotopic (exact) mass is 445 g/mol. The second-order valence-corrected chi connectivity index (χ2v) is 6.68. The van der Waals surface area contributed by atoms with Crippen molar-refractivity contribution in [1.29, 1.82) is 0 Å². The smallest absolute Gasteiger partial charge is 0.133 e. The molecule has 1 unspecified atom stereocenters. The Kier molecular flexibility index (Phi) is 5.86. The largest absolute Gasteiger partial charge is 0.457 e. The van der Waals surface area contributed by atoms with E-state index in [2.05, 4.69) is 69.8 Å². The molecule has 20 heavy (non-hydrogen) atoms. The van der Waals surface area contributed by atoms with Gasteiger partial charge < -0.3 is 10.1 Å². The van der Waals surface area contributed by atoms with Gasteiger partial charge in [0.1, 0.15) is 11.5 Å². The van der Waals surface area contributed by atoms with Crippen LogP contribution in [0.2, 0.25) is 0 Å². The molecular formula is C16H17BrINO. The highest BCUT2D eigenvalue weighted by atomic mass is 127. The van der Waals surface area contributed by atoms with Crippen molar-refractivity contribution in [3.05, 3.63) is 56.1 Å². The summed E-state index contributed by atoms with van der Waals surface area (Å²) in [4.78, 5) is 0. The average Bonchev–Trinajstić information content (AvgIpc) is 2.39. The Balaban J connectivity index is 2.32. The van der Waals surface area contributed by atoms with Crippen LogP contribution in [0, 0.1) is 3.57 Å². The lowest BCUT2D eigenvalue weighted by Crippen LogP contribution is -2.18. The Bertz CT molecular complexity index is 588. The van der Waals surface area contributed by atoms with Crippen LogP contribution in [0.5, 0.6) is 11.5 Å². The summed E-state index contributed by atoms with van der Waals surface area (Å²) in [6, 6.07) is 14.5. The summed E-state index contributed by atoms with van der Waals surface area (Å²) < 4.78 is 8.25. The van der Waals surface area contributed by atoms with Gasteiger partial charge in [0.05, 0.1) is 0 Å². The van der Waals surface area contributed by atoms with E-state index in [1.807, 2.05) is 30.3 Å². The standard InChI is InChI=1S/C16H17BrINO/c1-3-19-11(2)15-8-7-12(17)9-16(15)20-14-6-4-5-13(18)10-14/h4-11,19H,3H2,1-2H3. The Morgan fingerprint density at radius 1 is 1.25 bits per heavy atom. The van der Waals surface area contributed by atoms with Crippen LogP contribution in [0.15, 0.2) is 46.9 Å². The van der Waals surface area contributed by atoms with Crippen LogP contribution in [0.1, 0.15) is 25.5 Å². The third-order valence-corrected chi connectivity index (χ3v) is 4.14. The van der Waals surface area contributed by atoms with Crippen molar-refractivity contribution in [3.63, 3.8) is 0 Å². The molecule has 0 aliphatic heterocycles. The van der Waals surface area contributed by atoms with Crippen LogP contribution in [-0.2, 0) is 0 Å². The number of hydrogen-bond donors (Lipinski definition) is 1. The Morgan fingerprint density at radius 3 is 2.75 bits per heavy atom. The number of ether oxygens (including phenoxy) is 1. The lowest BCUT2D eigenvalue weighted by atomic mass is 10.1. The number of rotatable bonds is 5. The van der Waals surface area contributed by atoms with E-state index in [4.69, 9.17) is 4.74 Å². The molecule has 2 aromatic carbocycles. The van der Waals surface area contributed by atoms with Gasteiger partial charge in [0, 0.05) is 19.6 Å². The van der Waals surface area contributed by atoms with Gasteiger partial charge in [0.2, 0.25) is 0 Å². The van der Waals surface area contributed by atoms with Crippen molar-refractivity contribution < 1.29 is 4.74 Å². The molecule has 2 nitrogen and oxygen atoms in total. The highest BCUT2D eigenvalue weighted by molar-refractivity contribution is 14.1. The van der Waals surface area contributed by atoms with Crippen LogP contribution in [0.4, 0.5) is 0 Å². The molecule has 2 rings (SSSR count). The van der Waals surface area contributed by atoms with Crippen molar-refractivity contribution in [2.75, 3.05) is 6.54 Å². The van der Waals surface area contributed by atoms with Gasteiger partial charge in [0.25, 0.3) is 0 Å². The SMILES string of the molecule is CCNC(C)c1ccc(Br)cc1Oc1cccc(I)c1. The Morgan fingerprint density at radius 2 is 2.05 bits per heavy atom. The van der Waals surface area contributed by atoms with Crippen molar-refractivity contribution in [2.24, 2.45) is 0 Å². The first kappa shape index (κ1) is 15.8. The summed E-state index contributed by atoms with van der Waals surface area (Å²) in [5.41, 5.74) is 1.16. The fourth-order valence-corrected chi connectivity index (χ4v) is 2.88. The van der Waals surface area contributed by atoms with Gasteiger partial charge in [0.15, 0.2) is 0 Å². The molecule has 1 N–H and O–H groups in total. The molecule has 0 amide bonds. The highest BCUT2D eigenvalue weighted by Crippen LogP contribution is 2.32. The summed E-state index contributed by atoms with van der Waals surface area (Å²) in [6.45, 7) is 5.18. The minimum absolute atomic E-state index is 0.255. The number of benzene rings is 2. The van der Waals surface area contributed by atoms with E-state index in [-0.39, 0.29) is 6.04 Å². The Labute approximate surface area is 142 Å². The van der Waals surface area contributed by atoms with Crippen LogP contribution in [0.3, 0.4) is 0 Å². The van der Waals surface area contributed by atoms with E-state index in [0.717, 1.165) is 31.7 Å². The summed E-state index contributed by atoms with van der Waals surface area (Å²) in [7, 11) is 0. The van der Waals surface area contributed by atoms with Crippen LogP contribution < -0.4 is 10.1 Å². The molecule has 1 atom stereocenters. The molecule has 0 saturated heterocycles. The maximum absolute atomic E-state index is 6.06. The van der Waals surface area contributed by atoms with Gasteiger partial charge >= 0.3 is 0 Å². The van der Waals surface area contributed by atoms with Crippen molar-refractivity contribution in [3.8, 4) is 11.5 Å².